The van der Waals surface area contributed by atoms with Crippen molar-refractivity contribution < 1.29 is 8.42 Å². The number of rotatable bonds is 5. The zero-order valence-corrected chi connectivity index (χ0v) is 16.3. The Hall–Kier alpha value is -3.42. The first-order valence-corrected chi connectivity index (χ1v) is 9.66. The topological polar surface area (TPSA) is 124 Å². The monoisotopic (exact) mass is 398 g/mol. The second-order valence-corrected chi connectivity index (χ2v) is 8.12. The normalized spacial score (nSPS) is 11.4. The van der Waals surface area contributed by atoms with E-state index < -0.39 is 10.2 Å². The molecule has 10 heteroatoms. The Morgan fingerprint density at radius 1 is 1.18 bits per heavy atom. The minimum absolute atomic E-state index is 0.279. The number of anilines is 1. The molecule has 0 bridgehead atoms. The Bertz CT molecular complexity index is 1200. The standard InChI is InChI=1S/C18H18N6O3S/c1-12-17(14-6-4-13(10-19)5-7-14)18(25)24(21-12)16-9-8-15(11-20-16)22-28(26,27)23(2)3/h4-9,11,21-22H,1-3H3. The van der Waals surface area contributed by atoms with Gasteiger partial charge >= 0.3 is 10.2 Å². The van der Waals surface area contributed by atoms with Crippen molar-refractivity contribution in [2.24, 2.45) is 0 Å². The maximum absolute atomic E-state index is 12.9. The van der Waals surface area contributed by atoms with Crippen LogP contribution in [-0.4, -0.2) is 41.6 Å². The van der Waals surface area contributed by atoms with Gasteiger partial charge in [-0.3, -0.25) is 14.6 Å². The molecule has 0 aliphatic carbocycles. The highest BCUT2D eigenvalue weighted by molar-refractivity contribution is 7.90. The van der Waals surface area contributed by atoms with E-state index in [4.69, 9.17) is 5.26 Å². The summed E-state index contributed by atoms with van der Waals surface area (Å²) < 4.78 is 28.4. The summed E-state index contributed by atoms with van der Waals surface area (Å²) in [6, 6.07) is 11.8. The van der Waals surface area contributed by atoms with Gasteiger partial charge in [0.05, 0.1) is 29.1 Å². The number of aromatic nitrogens is 3. The third kappa shape index (κ3) is 3.66. The predicted molar refractivity (Wildman–Crippen MR) is 105 cm³/mol. The Balaban J connectivity index is 1.95. The van der Waals surface area contributed by atoms with Crippen LogP contribution in [0.2, 0.25) is 0 Å². The fourth-order valence-electron chi connectivity index (χ4n) is 2.58. The number of benzene rings is 1. The molecule has 3 aromatic rings. The van der Waals surface area contributed by atoms with E-state index in [1.54, 1.807) is 31.2 Å². The molecule has 0 aliphatic rings. The van der Waals surface area contributed by atoms with E-state index in [0.29, 0.717) is 28.2 Å². The molecular formula is C18H18N6O3S. The average molecular weight is 398 g/mol. The molecule has 28 heavy (non-hydrogen) atoms. The Labute approximate surface area is 162 Å². The SMILES string of the molecule is Cc1[nH]n(-c2ccc(NS(=O)(=O)N(C)C)cn2)c(=O)c1-c1ccc(C#N)cc1. The van der Waals surface area contributed by atoms with E-state index in [2.05, 4.69) is 14.8 Å². The smallest absolute Gasteiger partial charge is 0.293 e. The van der Waals surface area contributed by atoms with Gasteiger partial charge in [-0.1, -0.05) is 12.1 Å². The van der Waals surface area contributed by atoms with Gasteiger partial charge in [-0.05, 0) is 36.8 Å². The Kier molecular flexibility index (Phi) is 5.04. The average Bonchev–Trinajstić information content (AvgIpc) is 2.96. The lowest BCUT2D eigenvalue weighted by atomic mass is 10.1. The number of aryl methyl sites for hydroxylation is 1. The lowest BCUT2D eigenvalue weighted by molar-refractivity contribution is 0.527. The van der Waals surface area contributed by atoms with Crippen LogP contribution in [0.1, 0.15) is 11.3 Å². The van der Waals surface area contributed by atoms with Gasteiger partial charge in [0.2, 0.25) is 0 Å². The van der Waals surface area contributed by atoms with E-state index in [9.17, 15) is 13.2 Å². The molecule has 3 rings (SSSR count). The summed E-state index contributed by atoms with van der Waals surface area (Å²) in [6.07, 6.45) is 1.33. The second kappa shape index (κ2) is 7.30. The third-order valence-corrected chi connectivity index (χ3v) is 5.53. The van der Waals surface area contributed by atoms with Gasteiger partial charge < -0.3 is 0 Å². The molecule has 2 N–H and O–H groups in total. The van der Waals surface area contributed by atoms with Crippen molar-refractivity contribution in [3.05, 3.63) is 64.2 Å². The largest absolute Gasteiger partial charge is 0.301 e. The Morgan fingerprint density at radius 2 is 1.86 bits per heavy atom. The fraction of sp³-hybridized carbons (Fsp3) is 0.167. The van der Waals surface area contributed by atoms with Crippen molar-refractivity contribution in [1.29, 1.82) is 5.26 Å². The number of hydrogen-bond acceptors (Lipinski definition) is 5. The van der Waals surface area contributed by atoms with Crippen LogP contribution in [0, 0.1) is 18.3 Å². The van der Waals surface area contributed by atoms with Crippen LogP contribution in [-0.2, 0) is 10.2 Å². The van der Waals surface area contributed by atoms with E-state index in [1.165, 1.54) is 37.1 Å². The molecule has 0 unspecified atom stereocenters. The van der Waals surface area contributed by atoms with Gasteiger partial charge in [0.25, 0.3) is 5.56 Å². The first-order chi connectivity index (χ1) is 13.2. The molecule has 0 saturated heterocycles. The maximum Gasteiger partial charge on any atom is 0.301 e. The summed E-state index contributed by atoms with van der Waals surface area (Å²) in [4.78, 5) is 17.0. The van der Waals surface area contributed by atoms with Crippen LogP contribution >= 0.6 is 0 Å². The van der Waals surface area contributed by atoms with Crippen molar-refractivity contribution in [2.45, 2.75) is 6.92 Å². The molecule has 0 fully saturated rings. The van der Waals surface area contributed by atoms with Crippen molar-refractivity contribution in [2.75, 3.05) is 18.8 Å². The van der Waals surface area contributed by atoms with Crippen LogP contribution in [0.3, 0.4) is 0 Å². The van der Waals surface area contributed by atoms with Gasteiger partial charge in [0.15, 0.2) is 5.82 Å². The first-order valence-electron chi connectivity index (χ1n) is 8.22. The van der Waals surface area contributed by atoms with E-state index in [0.717, 1.165) is 4.31 Å². The molecule has 144 valence electrons. The van der Waals surface area contributed by atoms with Gasteiger partial charge in [-0.15, -0.1) is 0 Å². The minimum Gasteiger partial charge on any atom is -0.293 e. The lowest BCUT2D eigenvalue weighted by Gasteiger charge is -2.13. The molecule has 0 saturated carbocycles. The quantitative estimate of drug-likeness (QED) is 0.676. The van der Waals surface area contributed by atoms with Crippen LogP contribution in [0.4, 0.5) is 5.69 Å². The molecule has 0 aliphatic heterocycles. The van der Waals surface area contributed by atoms with Crippen molar-refractivity contribution >= 4 is 15.9 Å². The molecule has 0 spiro atoms. The van der Waals surface area contributed by atoms with Crippen LogP contribution in [0.25, 0.3) is 16.9 Å². The zero-order chi connectivity index (χ0) is 20.5. The van der Waals surface area contributed by atoms with Gasteiger partial charge in [-0.25, -0.2) is 9.67 Å². The lowest BCUT2D eigenvalue weighted by Crippen LogP contribution is -2.29. The minimum atomic E-state index is -3.64. The molecule has 0 radical (unpaired) electrons. The van der Waals surface area contributed by atoms with E-state index in [1.807, 2.05) is 6.07 Å². The van der Waals surface area contributed by atoms with E-state index in [-0.39, 0.29) is 11.2 Å². The molecule has 0 atom stereocenters. The number of nitriles is 1. The zero-order valence-electron chi connectivity index (χ0n) is 15.5. The summed E-state index contributed by atoms with van der Waals surface area (Å²) in [5, 5.41) is 11.9. The molecule has 0 amide bonds. The highest BCUT2D eigenvalue weighted by Crippen LogP contribution is 2.20. The maximum atomic E-state index is 12.9. The van der Waals surface area contributed by atoms with Gasteiger partial charge in [-0.2, -0.15) is 18.0 Å². The molecule has 2 aromatic heterocycles. The summed E-state index contributed by atoms with van der Waals surface area (Å²) >= 11 is 0. The molecular weight excluding hydrogens is 380 g/mol. The summed E-state index contributed by atoms with van der Waals surface area (Å²) in [7, 11) is -0.812. The summed E-state index contributed by atoms with van der Waals surface area (Å²) in [5.41, 5.74) is 2.30. The van der Waals surface area contributed by atoms with Crippen LogP contribution in [0.15, 0.2) is 47.4 Å². The number of H-pyrrole nitrogens is 1. The fourth-order valence-corrected chi connectivity index (χ4v) is 3.18. The third-order valence-electron chi connectivity index (χ3n) is 4.08. The van der Waals surface area contributed by atoms with Crippen LogP contribution < -0.4 is 10.3 Å². The predicted octanol–water partition coefficient (Wildman–Crippen LogP) is 1.63. The van der Waals surface area contributed by atoms with Crippen LogP contribution in [0.5, 0.6) is 0 Å². The molecule has 2 heterocycles. The molecule has 9 nitrogen and oxygen atoms in total. The summed E-state index contributed by atoms with van der Waals surface area (Å²) in [5.74, 6) is 0.320. The number of aromatic amines is 1. The van der Waals surface area contributed by atoms with Crippen molar-refractivity contribution in [1.82, 2.24) is 19.1 Å². The van der Waals surface area contributed by atoms with Gasteiger partial charge in [0.1, 0.15) is 0 Å². The number of nitrogens with zero attached hydrogens (tertiary/aromatic N) is 4. The number of pyridine rings is 1. The summed E-state index contributed by atoms with van der Waals surface area (Å²) in [6.45, 7) is 1.77. The highest BCUT2D eigenvalue weighted by Gasteiger charge is 2.16. The van der Waals surface area contributed by atoms with Gasteiger partial charge in [0, 0.05) is 19.8 Å². The number of hydrogen-bond donors (Lipinski definition) is 2. The second-order valence-electron chi connectivity index (χ2n) is 6.24. The highest BCUT2D eigenvalue weighted by atomic mass is 32.2. The van der Waals surface area contributed by atoms with E-state index >= 15 is 0 Å². The van der Waals surface area contributed by atoms with Crippen molar-refractivity contribution in [3.63, 3.8) is 0 Å². The number of nitrogens with one attached hydrogen (secondary N) is 2. The first kappa shape index (κ1) is 19.3. The Morgan fingerprint density at radius 3 is 2.39 bits per heavy atom. The van der Waals surface area contributed by atoms with Crippen molar-refractivity contribution in [3.8, 4) is 23.0 Å². The molecule has 1 aromatic carbocycles.